The molecule has 8 nitrogen and oxygen atoms in total. The van der Waals surface area contributed by atoms with Crippen LogP contribution >= 0.6 is 11.6 Å². The number of sulfonamides is 1. The molecule has 0 saturated carbocycles. The number of anilines is 2. The van der Waals surface area contributed by atoms with Gasteiger partial charge in [0.25, 0.3) is 10.0 Å². The summed E-state index contributed by atoms with van der Waals surface area (Å²) in [5.74, 6) is -3.43. The van der Waals surface area contributed by atoms with E-state index in [1.165, 1.54) is 38.5 Å². The Balaban J connectivity index is 1.53. The van der Waals surface area contributed by atoms with E-state index in [1.807, 2.05) is 0 Å². The highest BCUT2D eigenvalue weighted by atomic mass is 35.5. The summed E-state index contributed by atoms with van der Waals surface area (Å²) in [7, 11) is -2.20. The SMILES string of the molecule is COc1ccc(CN(c2cccc(F)n2)S(=O)(=O)c2c(F)cc(N3CCC(C)(C4CCC(C)(C)N4)C3)c(Cl)c2F)c(OC)c1. The van der Waals surface area contributed by atoms with Crippen molar-refractivity contribution in [2.24, 2.45) is 5.41 Å². The van der Waals surface area contributed by atoms with Crippen LogP contribution in [0.1, 0.15) is 45.6 Å². The lowest BCUT2D eigenvalue weighted by Crippen LogP contribution is -2.47. The Morgan fingerprint density at radius 3 is 2.48 bits per heavy atom. The minimum Gasteiger partial charge on any atom is -0.497 e. The van der Waals surface area contributed by atoms with Gasteiger partial charge in [-0.3, -0.25) is 0 Å². The number of halogens is 4. The van der Waals surface area contributed by atoms with Crippen molar-refractivity contribution in [3.05, 3.63) is 70.6 Å². The Kier molecular flexibility index (Phi) is 8.73. The molecule has 5 rings (SSSR count). The molecule has 0 amide bonds. The van der Waals surface area contributed by atoms with E-state index in [0.717, 1.165) is 31.4 Å². The first-order chi connectivity index (χ1) is 20.7. The maximum absolute atomic E-state index is 16.1. The van der Waals surface area contributed by atoms with Crippen LogP contribution in [0.2, 0.25) is 5.02 Å². The number of hydrogen-bond acceptors (Lipinski definition) is 7. The quantitative estimate of drug-likeness (QED) is 0.214. The van der Waals surface area contributed by atoms with Gasteiger partial charge >= 0.3 is 0 Å². The lowest BCUT2D eigenvalue weighted by atomic mass is 9.81. The Hall–Kier alpha value is -3.22. The first kappa shape index (κ1) is 32.2. The maximum atomic E-state index is 16.1. The highest BCUT2D eigenvalue weighted by Gasteiger charge is 2.46. The van der Waals surface area contributed by atoms with Gasteiger partial charge in [0.1, 0.15) is 28.2 Å². The number of aromatic nitrogens is 1. The van der Waals surface area contributed by atoms with Crippen LogP contribution < -0.4 is 24.0 Å². The highest BCUT2D eigenvalue weighted by molar-refractivity contribution is 7.92. The number of methoxy groups -OCH3 is 2. The maximum Gasteiger partial charge on any atom is 0.271 e. The third-order valence-corrected chi connectivity index (χ3v) is 10.9. The van der Waals surface area contributed by atoms with Gasteiger partial charge in [-0.25, -0.2) is 26.5 Å². The van der Waals surface area contributed by atoms with Crippen molar-refractivity contribution in [3.8, 4) is 11.5 Å². The molecule has 2 unspecified atom stereocenters. The summed E-state index contributed by atoms with van der Waals surface area (Å²) in [4.78, 5) is 4.24. The summed E-state index contributed by atoms with van der Waals surface area (Å²) in [5, 5.41) is 3.17. The predicted octanol–water partition coefficient (Wildman–Crippen LogP) is 6.31. The van der Waals surface area contributed by atoms with Crippen LogP contribution in [0.15, 0.2) is 47.4 Å². The first-order valence-corrected chi connectivity index (χ1v) is 16.1. The van der Waals surface area contributed by atoms with Gasteiger partial charge in [-0.1, -0.05) is 24.6 Å². The molecule has 2 saturated heterocycles. The predicted molar refractivity (Wildman–Crippen MR) is 164 cm³/mol. The molecule has 0 bridgehead atoms. The van der Waals surface area contributed by atoms with E-state index in [-0.39, 0.29) is 34.3 Å². The molecule has 2 atom stereocenters. The van der Waals surface area contributed by atoms with Crippen LogP contribution in [0, 0.1) is 23.0 Å². The summed E-state index contributed by atoms with van der Waals surface area (Å²) < 4.78 is 85.5. The highest BCUT2D eigenvalue weighted by Crippen LogP contribution is 2.45. The summed E-state index contributed by atoms with van der Waals surface area (Å²) in [6, 6.07) is 9.32. The fourth-order valence-corrected chi connectivity index (χ4v) is 8.06. The third-order valence-electron chi connectivity index (χ3n) is 8.72. The van der Waals surface area contributed by atoms with Gasteiger partial charge in [0.2, 0.25) is 5.95 Å². The standard InChI is InChI=1S/C31H36ClF3N4O4S/c1-30(2)12-11-24(37-30)31(3)13-14-38(18-31)22-16-21(33)29(28(35)27(22)32)44(40,41)39(26-8-6-7-25(34)36-26)17-19-9-10-20(42-4)15-23(19)43-5/h6-10,15-16,24,37H,11-14,17-18H2,1-5H3. The van der Waals surface area contributed by atoms with Crippen LogP contribution in [-0.4, -0.2) is 52.3 Å². The minimum absolute atomic E-state index is 0.00516. The fourth-order valence-electron chi connectivity index (χ4n) is 6.22. The van der Waals surface area contributed by atoms with Gasteiger partial charge in [-0.15, -0.1) is 0 Å². The average molecular weight is 653 g/mol. The molecule has 13 heteroatoms. The number of pyridine rings is 1. The molecule has 3 aromatic rings. The van der Waals surface area contributed by atoms with Gasteiger partial charge < -0.3 is 19.7 Å². The summed E-state index contributed by atoms with van der Waals surface area (Å²) in [5.41, 5.74) is 0.220. The van der Waals surface area contributed by atoms with E-state index in [4.69, 9.17) is 21.1 Å². The second kappa shape index (κ2) is 11.9. The van der Waals surface area contributed by atoms with Crippen molar-refractivity contribution in [1.82, 2.24) is 10.3 Å². The Bertz CT molecular complexity index is 1680. The molecule has 1 N–H and O–H groups in total. The van der Waals surface area contributed by atoms with Crippen LogP contribution in [0.4, 0.5) is 24.7 Å². The van der Waals surface area contributed by atoms with Crippen molar-refractivity contribution in [2.75, 3.05) is 36.5 Å². The van der Waals surface area contributed by atoms with E-state index in [1.54, 1.807) is 11.0 Å². The number of benzene rings is 2. The minimum atomic E-state index is -5.03. The summed E-state index contributed by atoms with van der Waals surface area (Å²) in [6.07, 6.45) is 2.76. The van der Waals surface area contributed by atoms with Gasteiger partial charge in [0, 0.05) is 47.8 Å². The molecule has 0 aliphatic carbocycles. The smallest absolute Gasteiger partial charge is 0.271 e. The van der Waals surface area contributed by atoms with Crippen LogP contribution in [0.3, 0.4) is 0 Å². The molecule has 0 radical (unpaired) electrons. The van der Waals surface area contributed by atoms with Crippen molar-refractivity contribution in [2.45, 2.75) is 63.1 Å². The molecule has 2 aliphatic rings. The van der Waals surface area contributed by atoms with E-state index in [9.17, 15) is 12.8 Å². The molecular formula is C31H36ClF3N4O4S. The number of hydrogen-bond donors (Lipinski definition) is 1. The van der Waals surface area contributed by atoms with Crippen LogP contribution in [-0.2, 0) is 16.6 Å². The van der Waals surface area contributed by atoms with E-state index in [2.05, 4.69) is 31.1 Å². The summed E-state index contributed by atoms with van der Waals surface area (Å²) >= 11 is 6.48. The molecule has 1 aromatic heterocycles. The number of ether oxygens (including phenoxy) is 2. The lowest BCUT2D eigenvalue weighted by Gasteiger charge is -2.34. The van der Waals surface area contributed by atoms with Gasteiger partial charge in [0.05, 0.1) is 26.5 Å². The zero-order chi connectivity index (χ0) is 32.0. The van der Waals surface area contributed by atoms with Gasteiger partial charge in [-0.05, 0) is 57.4 Å². The number of nitrogens with one attached hydrogen (secondary N) is 1. The summed E-state index contributed by atoms with van der Waals surface area (Å²) in [6.45, 7) is 6.94. The number of rotatable bonds is 9. The average Bonchev–Trinajstić information content (AvgIpc) is 3.56. The lowest BCUT2D eigenvalue weighted by molar-refractivity contribution is 0.246. The monoisotopic (exact) mass is 652 g/mol. The second-order valence-corrected chi connectivity index (χ2v) is 14.5. The van der Waals surface area contributed by atoms with Crippen molar-refractivity contribution < 1.29 is 31.1 Å². The van der Waals surface area contributed by atoms with Crippen molar-refractivity contribution >= 4 is 33.1 Å². The largest absolute Gasteiger partial charge is 0.497 e. The van der Waals surface area contributed by atoms with Crippen LogP contribution in [0.25, 0.3) is 0 Å². The molecule has 44 heavy (non-hydrogen) atoms. The molecule has 3 heterocycles. The molecular weight excluding hydrogens is 617 g/mol. The van der Waals surface area contributed by atoms with Crippen molar-refractivity contribution in [3.63, 3.8) is 0 Å². The molecule has 2 aliphatic heterocycles. The molecule has 0 spiro atoms. The fraction of sp³-hybridized carbons (Fsp3) is 0.452. The van der Waals surface area contributed by atoms with Crippen molar-refractivity contribution in [1.29, 1.82) is 0 Å². The van der Waals surface area contributed by atoms with Crippen LogP contribution in [0.5, 0.6) is 11.5 Å². The topological polar surface area (TPSA) is 84.0 Å². The zero-order valence-electron chi connectivity index (χ0n) is 25.3. The second-order valence-electron chi connectivity index (χ2n) is 12.3. The Morgan fingerprint density at radius 1 is 1.09 bits per heavy atom. The third kappa shape index (κ3) is 6.03. The Morgan fingerprint density at radius 2 is 1.84 bits per heavy atom. The Labute approximate surface area is 261 Å². The van der Waals surface area contributed by atoms with Gasteiger partial charge in [0.15, 0.2) is 10.7 Å². The van der Waals surface area contributed by atoms with E-state index < -0.39 is 44.1 Å². The van der Waals surface area contributed by atoms with E-state index >= 15 is 8.78 Å². The van der Waals surface area contributed by atoms with Gasteiger partial charge in [-0.2, -0.15) is 4.39 Å². The molecule has 2 aromatic carbocycles. The first-order valence-electron chi connectivity index (χ1n) is 14.3. The van der Waals surface area contributed by atoms with E-state index in [0.29, 0.717) is 28.7 Å². The normalized spacial score (nSPS) is 21.5. The zero-order valence-corrected chi connectivity index (χ0v) is 26.8. The molecule has 2 fully saturated rings. The molecule has 238 valence electrons. The number of nitrogens with zero attached hydrogens (tertiary/aromatic N) is 3.